The van der Waals surface area contributed by atoms with Crippen molar-refractivity contribution >= 4 is 11.4 Å². The number of rotatable bonds is 7. The molecule has 0 aliphatic rings. The van der Waals surface area contributed by atoms with Crippen molar-refractivity contribution in [3.63, 3.8) is 0 Å². The van der Waals surface area contributed by atoms with Crippen molar-refractivity contribution in [2.24, 2.45) is 0 Å². The molecule has 0 unspecified atom stereocenters. The van der Waals surface area contributed by atoms with E-state index in [1.165, 1.54) is 0 Å². The van der Waals surface area contributed by atoms with Crippen molar-refractivity contribution in [2.45, 2.75) is 19.5 Å². The van der Waals surface area contributed by atoms with Gasteiger partial charge in [-0.25, -0.2) is 0 Å². The molecule has 0 saturated heterocycles. The first-order chi connectivity index (χ1) is 9.36. The first kappa shape index (κ1) is 16.2. The van der Waals surface area contributed by atoms with Crippen LogP contribution in [0.4, 0.5) is 24.5 Å². The third-order valence-electron chi connectivity index (χ3n) is 2.50. The zero-order chi connectivity index (χ0) is 15.2. The summed E-state index contributed by atoms with van der Waals surface area (Å²) < 4.78 is 43.6. The molecule has 0 atom stereocenters. The van der Waals surface area contributed by atoms with Crippen molar-refractivity contribution in [1.82, 2.24) is 0 Å². The molecule has 0 spiro atoms. The van der Waals surface area contributed by atoms with E-state index in [0.717, 1.165) is 12.1 Å². The Bertz CT molecular complexity index is 464. The van der Waals surface area contributed by atoms with E-state index in [-0.39, 0.29) is 5.69 Å². The van der Waals surface area contributed by atoms with E-state index in [9.17, 15) is 23.3 Å². The molecule has 0 bridgehead atoms. The highest BCUT2D eigenvalue weighted by Gasteiger charge is 2.35. The lowest BCUT2D eigenvalue weighted by atomic mass is 10.1. The topological polar surface area (TPSA) is 64.4 Å². The number of benzene rings is 1. The number of nitro groups is 1. The summed E-state index contributed by atoms with van der Waals surface area (Å²) in [7, 11) is 0. The first-order valence-corrected chi connectivity index (χ1v) is 6.03. The zero-order valence-electron chi connectivity index (χ0n) is 10.9. The maximum absolute atomic E-state index is 12.8. The van der Waals surface area contributed by atoms with E-state index in [1.807, 2.05) is 6.92 Å². The summed E-state index contributed by atoms with van der Waals surface area (Å²) in [5.41, 5.74) is -1.79. The second-order valence-electron chi connectivity index (χ2n) is 3.96. The maximum atomic E-state index is 12.8. The molecule has 1 aromatic carbocycles. The Morgan fingerprint density at radius 1 is 1.40 bits per heavy atom. The second-order valence-corrected chi connectivity index (χ2v) is 3.96. The number of nitro benzene ring substituents is 1. The van der Waals surface area contributed by atoms with Gasteiger partial charge >= 0.3 is 6.18 Å². The lowest BCUT2D eigenvalue weighted by molar-refractivity contribution is -0.385. The van der Waals surface area contributed by atoms with Crippen LogP contribution in [-0.2, 0) is 10.9 Å². The summed E-state index contributed by atoms with van der Waals surface area (Å²) in [6.07, 6.45) is -4.10. The Balaban J connectivity index is 2.81. The second kappa shape index (κ2) is 7.09. The molecule has 0 radical (unpaired) electrons. The molecule has 1 N–H and O–H groups in total. The highest BCUT2D eigenvalue weighted by molar-refractivity contribution is 5.57. The van der Waals surface area contributed by atoms with Gasteiger partial charge < -0.3 is 10.1 Å². The molecule has 1 aromatic rings. The van der Waals surface area contributed by atoms with Gasteiger partial charge in [0.25, 0.3) is 5.69 Å². The third kappa shape index (κ3) is 4.69. The van der Waals surface area contributed by atoms with Crippen LogP contribution in [0.15, 0.2) is 18.2 Å². The van der Waals surface area contributed by atoms with Gasteiger partial charge in [-0.15, -0.1) is 0 Å². The lowest BCUT2D eigenvalue weighted by Crippen LogP contribution is -2.13. The first-order valence-electron chi connectivity index (χ1n) is 6.03. The van der Waals surface area contributed by atoms with Crippen LogP contribution < -0.4 is 5.32 Å². The standard InChI is InChI=1S/C12H15F3N2O3/c1-2-20-7-3-6-16-11-5-4-9(17(18)19)8-10(11)12(13,14)15/h4-5,8,16H,2-3,6-7H2,1H3. The number of halogens is 3. The van der Waals surface area contributed by atoms with Gasteiger partial charge in [0.05, 0.1) is 10.5 Å². The molecule has 112 valence electrons. The summed E-state index contributed by atoms with van der Waals surface area (Å²) in [4.78, 5) is 9.67. The molecule has 0 aliphatic heterocycles. The molecule has 0 amide bonds. The molecule has 0 saturated carbocycles. The molecule has 8 heteroatoms. The fourth-order valence-corrected chi connectivity index (χ4v) is 1.58. The predicted octanol–water partition coefficient (Wildman–Crippen LogP) is 3.45. The maximum Gasteiger partial charge on any atom is 0.418 e. The van der Waals surface area contributed by atoms with Crippen LogP contribution in [-0.4, -0.2) is 24.7 Å². The number of hydrogen-bond donors (Lipinski definition) is 1. The van der Waals surface area contributed by atoms with Gasteiger partial charge in [-0.05, 0) is 19.4 Å². The molecular weight excluding hydrogens is 277 g/mol. The zero-order valence-corrected chi connectivity index (χ0v) is 10.9. The molecule has 0 heterocycles. The van der Waals surface area contributed by atoms with Crippen molar-refractivity contribution < 1.29 is 22.8 Å². The molecule has 0 aliphatic carbocycles. The molecule has 20 heavy (non-hydrogen) atoms. The number of nitrogens with zero attached hydrogens (tertiary/aromatic N) is 1. The van der Waals surface area contributed by atoms with Gasteiger partial charge in [0, 0.05) is 37.6 Å². The monoisotopic (exact) mass is 292 g/mol. The van der Waals surface area contributed by atoms with Crippen LogP contribution >= 0.6 is 0 Å². The number of alkyl halides is 3. The van der Waals surface area contributed by atoms with Crippen LogP contribution in [0.3, 0.4) is 0 Å². The van der Waals surface area contributed by atoms with Crippen LogP contribution in [0.1, 0.15) is 18.9 Å². The Morgan fingerprint density at radius 3 is 2.65 bits per heavy atom. The molecule has 0 fully saturated rings. The average molecular weight is 292 g/mol. The van der Waals surface area contributed by atoms with Gasteiger partial charge in [0.2, 0.25) is 0 Å². The van der Waals surface area contributed by atoms with Crippen molar-refractivity contribution in [3.05, 3.63) is 33.9 Å². The quantitative estimate of drug-likeness (QED) is 0.475. The summed E-state index contributed by atoms with van der Waals surface area (Å²) in [5, 5.41) is 13.1. The van der Waals surface area contributed by atoms with Crippen molar-refractivity contribution in [3.8, 4) is 0 Å². The van der Waals surface area contributed by atoms with E-state index in [2.05, 4.69) is 5.32 Å². The van der Waals surface area contributed by atoms with E-state index in [4.69, 9.17) is 4.74 Å². The van der Waals surface area contributed by atoms with Gasteiger partial charge in [0.15, 0.2) is 0 Å². The van der Waals surface area contributed by atoms with Crippen LogP contribution in [0.2, 0.25) is 0 Å². The third-order valence-corrected chi connectivity index (χ3v) is 2.50. The summed E-state index contributed by atoms with van der Waals surface area (Å²) in [6.45, 7) is 3.11. The summed E-state index contributed by atoms with van der Waals surface area (Å²) >= 11 is 0. The predicted molar refractivity (Wildman–Crippen MR) is 67.7 cm³/mol. The van der Waals surface area contributed by atoms with Gasteiger partial charge in [-0.1, -0.05) is 0 Å². The van der Waals surface area contributed by atoms with E-state index in [0.29, 0.717) is 32.2 Å². The highest BCUT2D eigenvalue weighted by atomic mass is 19.4. The fraction of sp³-hybridized carbons (Fsp3) is 0.500. The van der Waals surface area contributed by atoms with Crippen molar-refractivity contribution in [2.75, 3.05) is 25.1 Å². The normalized spacial score (nSPS) is 11.4. The average Bonchev–Trinajstić information content (AvgIpc) is 2.37. The number of anilines is 1. The lowest BCUT2D eigenvalue weighted by Gasteiger charge is -2.14. The van der Waals surface area contributed by atoms with Crippen molar-refractivity contribution in [1.29, 1.82) is 0 Å². The number of hydrogen-bond acceptors (Lipinski definition) is 4. The molecule has 0 aromatic heterocycles. The minimum absolute atomic E-state index is 0.167. The largest absolute Gasteiger partial charge is 0.418 e. The Labute approximate surface area is 113 Å². The molecule has 1 rings (SSSR count). The van der Waals surface area contributed by atoms with Crippen LogP contribution in [0, 0.1) is 10.1 Å². The van der Waals surface area contributed by atoms with Crippen LogP contribution in [0.25, 0.3) is 0 Å². The van der Waals surface area contributed by atoms with Gasteiger partial charge in [0.1, 0.15) is 0 Å². The Morgan fingerprint density at radius 2 is 2.10 bits per heavy atom. The smallest absolute Gasteiger partial charge is 0.384 e. The fourth-order valence-electron chi connectivity index (χ4n) is 1.58. The summed E-state index contributed by atoms with van der Waals surface area (Å²) in [5.74, 6) is 0. The minimum atomic E-state index is -4.64. The number of nitrogens with one attached hydrogen (secondary N) is 1. The van der Waals surface area contributed by atoms with Gasteiger partial charge in [-0.3, -0.25) is 10.1 Å². The SMILES string of the molecule is CCOCCCNc1ccc([N+](=O)[O-])cc1C(F)(F)F. The molecular formula is C12H15F3N2O3. The Kier molecular flexibility index (Phi) is 5.75. The Hall–Kier alpha value is -1.83. The number of ether oxygens (including phenoxy) is 1. The van der Waals surface area contributed by atoms with Gasteiger partial charge in [-0.2, -0.15) is 13.2 Å². The molecule has 5 nitrogen and oxygen atoms in total. The number of non-ortho nitro benzene ring substituents is 1. The van der Waals surface area contributed by atoms with E-state index < -0.39 is 22.4 Å². The highest BCUT2D eigenvalue weighted by Crippen LogP contribution is 2.36. The van der Waals surface area contributed by atoms with Crippen LogP contribution in [0.5, 0.6) is 0 Å². The minimum Gasteiger partial charge on any atom is -0.384 e. The van der Waals surface area contributed by atoms with E-state index in [1.54, 1.807) is 0 Å². The van der Waals surface area contributed by atoms with E-state index >= 15 is 0 Å². The summed E-state index contributed by atoms with van der Waals surface area (Å²) in [6, 6.07) is 2.65.